The zero-order valence-electron chi connectivity index (χ0n) is 11.7. The Bertz CT molecular complexity index is 330. The van der Waals surface area contributed by atoms with Crippen LogP contribution in [0.2, 0.25) is 0 Å². The SMILES string of the molecule is C=C[C@]1(C)COC(C)(C)N1C(=O)OC(C)(C)C. The third-order valence-electron chi connectivity index (χ3n) is 2.78. The quantitative estimate of drug-likeness (QED) is 0.662. The molecule has 4 nitrogen and oxygen atoms in total. The highest BCUT2D eigenvalue weighted by molar-refractivity contribution is 5.71. The van der Waals surface area contributed by atoms with Gasteiger partial charge >= 0.3 is 6.09 Å². The maximum Gasteiger partial charge on any atom is 0.413 e. The van der Waals surface area contributed by atoms with Crippen LogP contribution in [-0.2, 0) is 9.47 Å². The third-order valence-corrected chi connectivity index (χ3v) is 2.78. The van der Waals surface area contributed by atoms with Gasteiger partial charge in [0.25, 0.3) is 0 Å². The van der Waals surface area contributed by atoms with E-state index in [-0.39, 0.29) is 6.09 Å². The number of rotatable bonds is 1. The summed E-state index contributed by atoms with van der Waals surface area (Å²) in [5, 5.41) is 0. The second kappa shape index (κ2) is 4.02. The predicted molar refractivity (Wildman–Crippen MR) is 66.7 cm³/mol. The second-order valence-corrected chi connectivity index (χ2v) is 6.11. The van der Waals surface area contributed by atoms with Crippen molar-refractivity contribution in [2.24, 2.45) is 0 Å². The molecule has 0 radical (unpaired) electrons. The van der Waals surface area contributed by atoms with Crippen LogP contribution in [0.25, 0.3) is 0 Å². The van der Waals surface area contributed by atoms with Crippen LogP contribution in [0.5, 0.6) is 0 Å². The average Bonchev–Trinajstić information content (AvgIpc) is 2.35. The van der Waals surface area contributed by atoms with Gasteiger partial charge in [-0.15, -0.1) is 6.58 Å². The molecule has 0 saturated carbocycles. The van der Waals surface area contributed by atoms with Crippen molar-refractivity contribution < 1.29 is 14.3 Å². The van der Waals surface area contributed by atoms with Crippen molar-refractivity contribution in [3.63, 3.8) is 0 Å². The molecule has 0 aromatic carbocycles. The topological polar surface area (TPSA) is 38.8 Å². The predicted octanol–water partition coefficient (Wildman–Crippen LogP) is 2.93. The number of carbonyl (C=O) groups is 1. The van der Waals surface area contributed by atoms with Crippen molar-refractivity contribution in [2.45, 2.75) is 58.4 Å². The number of hydrogen-bond acceptors (Lipinski definition) is 3. The van der Waals surface area contributed by atoms with E-state index in [2.05, 4.69) is 6.58 Å². The number of nitrogens with zero attached hydrogens (tertiary/aromatic N) is 1. The Balaban J connectivity index is 2.99. The molecule has 1 fully saturated rings. The average molecular weight is 241 g/mol. The Morgan fingerprint density at radius 1 is 1.41 bits per heavy atom. The van der Waals surface area contributed by atoms with E-state index in [9.17, 15) is 4.79 Å². The van der Waals surface area contributed by atoms with Crippen LogP contribution in [-0.4, -0.2) is 34.5 Å². The molecule has 0 aromatic rings. The van der Waals surface area contributed by atoms with Gasteiger partial charge in [-0.05, 0) is 41.5 Å². The summed E-state index contributed by atoms with van der Waals surface area (Å²) in [6.45, 7) is 15.4. The number of amides is 1. The highest BCUT2D eigenvalue weighted by atomic mass is 16.6. The lowest BCUT2D eigenvalue weighted by Crippen LogP contribution is -2.54. The molecule has 0 unspecified atom stereocenters. The first-order valence-corrected chi connectivity index (χ1v) is 5.83. The second-order valence-electron chi connectivity index (χ2n) is 6.11. The summed E-state index contributed by atoms with van der Waals surface area (Å²) in [7, 11) is 0. The van der Waals surface area contributed by atoms with Gasteiger partial charge in [-0.25, -0.2) is 4.79 Å². The van der Waals surface area contributed by atoms with E-state index in [1.807, 2.05) is 41.5 Å². The number of ether oxygens (including phenoxy) is 2. The van der Waals surface area contributed by atoms with E-state index in [0.717, 1.165) is 0 Å². The smallest absolute Gasteiger partial charge is 0.413 e. The molecule has 1 aliphatic rings. The van der Waals surface area contributed by atoms with Crippen LogP contribution in [0, 0.1) is 0 Å². The molecule has 1 heterocycles. The van der Waals surface area contributed by atoms with Crippen LogP contribution in [0.1, 0.15) is 41.5 Å². The monoisotopic (exact) mass is 241 g/mol. The first kappa shape index (κ1) is 14.0. The lowest BCUT2D eigenvalue weighted by molar-refractivity contribution is -0.0651. The molecular weight excluding hydrogens is 218 g/mol. The Morgan fingerprint density at radius 3 is 2.35 bits per heavy atom. The summed E-state index contributed by atoms with van der Waals surface area (Å²) in [6, 6.07) is 0. The van der Waals surface area contributed by atoms with Crippen LogP contribution in [0.15, 0.2) is 12.7 Å². The normalized spacial score (nSPS) is 28.0. The maximum absolute atomic E-state index is 12.2. The summed E-state index contributed by atoms with van der Waals surface area (Å²) in [4.78, 5) is 13.8. The van der Waals surface area contributed by atoms with Gasteiger partial charge < -0.3 is 9.47 Å². The minimum Gasteiger partial charge on any atom is -0.444 e. The van der Waals surface area contributed by atoms with Crippen LogP contribution in [0.4, 0.5) is 4.79 Å². The molecule has 0 spiro atoms. The van der Waals surface area contributed by atoms with Gasteiger partial charge in [0.05, 0.1) is 12.1 Å². The first-order valence-electron chi connectivity index (χ1n) is 5.83. The zero-order valence-corrected chi connectivity index (χ0v) is 11.7. The van der Waals surface area contributed by atoms with E-state index in [1.165, 1.54) is 0 Å². The van der Waals surface area contributed by atoms with E-state index < -0.39 is 16.9 Å². The van der Waals surface area contributed by atoms with Gasteiger partial charge in [0.2, 0.25) is 0 Å². The third kappa shape index (κ3) is 2.80. The molecular formula is C13H23NO3. The molecule has 1 aliphatic heterocycles. The highest BCUT2D eigenvalue weighted by Crippen LogP contribution is 2.36. The number of hydrogen-bond donors (Lipinski definition) is 0. The Morgan fingerprint density at radius 2 is 1.94 bits per heavy atom. The van der Waals surface area contributed by atoms with Crippen molar-refractivity contribution in [3.05, 3.63) is 12.7 Å². The van der Waals surface area contributed by atoms with Crippen LogP contribution >= 0.6 is 0 Å². The highest BCUT2D eigenvalue weighted by Gasteiger charge is 2.51. The van der Waals surface area contributed by atoms with Gasteiger partial charge in [0.15, 0.2) is 0 Å². The Labute approximate surface area is 104 Å². The van der Waals surface area contributed by atoms with Gasteiger partial charge in [-0.2, -0.15) is 0 Å². The first-order chi connectivity index (χ1) is 7.52. The molecule has 98 valence electrons. The van der Waals surface area contributed by atoms with Crippen molar-refractivity contribution >= 4 is 6.09 Å². The van der Waals surface area contributed by atoms with E-state index in [4.69, 9.17) is 9.47 Å². The van der Waals surface area contributed by atoms with Crippen molar-refractivity contribution in [1.82, 2.24) is 4.90 Å². The fraction of sp³-hybridized carbons (Fsp3) is 0.769. The molecule has 1 atom stereocenters. The fourth-order valence-electron chi connectivity index (χ4n) is 1.95. The lowest BCUT2D eigenvalue weighted by Gasteiger charge is -2.38. The summed E-state index contributed by atoms with van der Waals surface area (Å²) < 4.78 is 11.1. The minimum atomic E-state index is -0.675. The maximum atomic E-state index is 12.2. The van der Waals surface area contributed by atoms with E-state index in [0.29, 0.717) is 6.61 Å². The fourth-order valence-corrected chi connectivity index (χ4v) is 1.95. The molecule has 1 saturated heterocycles. The standard InChI is InChI=1S/C13H23NO3/c1-8-13(7)9-16-12(5,6)14(13)10(15)17-11(2,3)4/h8H,1,9H2,2-7H3/t13-/m1/s1. The lowest BCUT2D eigenvalue weighted by atomic mass is 10.0. The molecule has 0 aromatic heterocycles. The van der Waals surface area contributed by atoms with Crippen LogP contribution < -0.4 is 0 Å². The molecule has 4 heteroatoms. The number of carbonyl (C=O) groups excluding carboxylic acids is 1. The Hall–Kier alpha value is -1.03. The zero-order chi connectivity index (χ0) is 13.5. The van der Waals surface area contributed by atoms with E-state index in [1.54, 1.807) is 11.0 Å². The Kier molecular flexibility index (Phi) is 3.32. The summed E-state index contributed by atoms with van der Waals surface area (Å²) in [5.41, 5.74) is -1.71. The summed E-state index contributed by atoms with van der Waals surface area (Å²) in [5.74, 6) is 0. The largest absolute Gasteiger partial charge is 0.444 e. The van der Waals surface area contributed by atoms with Crippen molar-refractivity contribution in [3.8, 4) is 0 Å². The molecule has 0 N–H and O–H groups in total. The van der Waals surface area contributed by atoms with E-state index >= 15 is 0 Å². The molecule has 0 bridgehead atoms. The van der Waals surface area contributed by atoms with Gasteiger partial charge in [-0.1, -0.05) is 6.08 Å². The minimum absolute atomic E-state index is 0.373. The van der Waals surface area contributed by atoms with Gasteiger partial charge in [0.1, 0.15) is 11.3 Å². The molecule has 1 amide bonds. The molecule has 1 rings (SSSR count). The van der Waals surface area contributed by atoms with Gasteiger partial charge in [0, 0.05) is 0 Å². The summed E-state index contributed by atoms with van der Waals surface area (Å²) in [6.07, 6.45) is 1.36. The van der Waals surface area contributed by atoms with Crippen molar-refractivity contribution in [2.75, 3.05) is 6.61 Å². The summed E-state index contributed by atoms with van der Waals surface area (Å²) >= 11 is 0. The molecule has 0 aliphatic carbocycles. The molecule has 17 heavy (non-hydrogen) atoms. The van der Waals surface area contributed by atoms with Crippen LogP contribution in [0.3, 0.4) is 0 Å². The van der Waals surface area contributed by atoms with Gasteiger partial charge in [-0.3, -0.25) is 4.90 Å². The van der Waals surface area contributed by atoms with Crippen molar-refractivity contribution in [1.29, 1.82) is 0 Å².